The highest BCUT2D eigenvalue weighted by molar-refractivity contribution is 5.06. The molecule has 4 atom stereocenters. The Morgan fingerprint density at radius 3 is 2.68 bits per heavy atom. The van der Waals surface area contributed by atoms with E-state index in [4.69, 9.17) is 0 Å². The van der Waals surface area contributed by atoms with Crippen molar-refractivity contribution < 1.29 is 5.11 Å². The van der Waals surface area contributed by atoms with Gasteiger partial charge in [-0.05, 0) is 68.9 Å². The van der Waals surface area contributed by atoms with Gasteiger partial charge >= 0.3 is 0 Å². The van der Waals surface area contributed by atoms with E-state index < -0.39 is 6.10 Å². The number of aromatic amines is 1. The number of nitrogens with one attached hydrogen (secondary N) is 1. The number of hydrogen-bond acceptors (Lipinski definition) is 3. The predicted octanol–water partition coefficient (Wildman–Crippen LogP) is 2.76. The summed E-state index contributed by atoms with van der Waals surface area (Å²) in [6.07, 6.45) is 14.4. The molecular weight excluding hydrogens is 274 g/mol. The van der Waals surface area contributed by atoms with Gasteiger partial charge in [-0.15, -0.1) is 0 Å². The van der Waals surface area contributed by atoms with Crippen molar-refractivity contribution in [3.63, 3.8) is 0 Å². The fourth-order valence-corrected chi connectivity index (χ4v) is 4.71. The van der Waals surface area contributed by atoms with Crippen LogP contribution in [0.4, 0.5) is 0 Å². The minimum atomic E-state index is -0.425. The molecule has 0 aromatic carbocycles. The molecule has 1 aromatic rings. The number of piperidine rings is 1. The molecule has 2 bridgehead atoms. The van der Waals surface area contributed by atoms with E-state index in [-0.39, 0.29) is 0 Å². The second kappa shape index (κ2) is 6.17. The summed E-state index contributed by atoms with van der Waals surface area (Å²) in [6, 6.07) is 0. The maximum atomic E-state index is 10.4. The van der Waals surface area contributed by atoms with Gasteiger partial charge in [-0.1, -0.05) is 12.2 Å². The number of H-pyrrole nitrogens is 1. The normalized spacial score (nSPS) is 34.1. The van der Waals surface area contributed by atoms with Crippen LogP contribution in [0, 0.1) is 23.7 Å². The number of rotatable bonds is 4. The number of aliphatic hydroxyl groups excluding tert-OH is 1. The van der Waals surface area contributed by atoms with E-state index >= 15 is 0 Å². The summed E-state index contributed by atoms with van der Waals surface area (Å²) in [5.74, 6) is 3.64. The standard InChI is InChI=1S/C18H27N3O/c22-17(18-19-7-8-20-18)15-5-9-21(10-6-15)12-16-11-13-1-3-14(16)4-2-13/h1,3,7-8,13-17,22H,2,4-6,9-12H2,(H,19,20)/t13-,14+,16+,17?/m1/s1. The molecule has 3 aliphatic carbocycles. The number of hydrogen-bond donors (Lipinski definition) is 2. The largest absolute Gasteiger partial charge is 0.385 e. The first kappa shape index (κ1) is 14.5. The van der Waals surface area contributed by atoms with Gasteiger partial charge in [-0.25, -0.2) is 4.98 Å². The van der Waals surface area contributed by atoms with Gasteiger partial charge in [0.2, 0.25) is 0 Å². The monoisotopic (exact) mass is 301 g/mol. The van der Waals surface area contributed by atoms with Gasteiger partial charge in [0.25, 0.3) is 0 Å². The van der Waals surface area contributed by atoms with E-state index in [1.165, 1.54) is 25.8 Å². The third-order valence-electron chi connectivity index (χ3n) is 6.08. The second-order valence-electron chi connectivity index (χ2n) is 7.44. The van der Waals surface area contributed by atoms with Crippen LogP contribution in [0.3, 0.4) is 0 Å². The van der Waals surface area contributed by atoms with Crippen LogP contribution in [-0.2, 0) is 0 Å². The first-order valence-electron chi connectivity index (χ1n) is 8.87. The molecule has 2 fully saturated rings. The van der Waals surface area contributed by atoms with Crippen LogP contribution >= 0.6 is 0 Å². The maximum absolute atomic E-state index is 10.4. The molecule has 1 unspecified atom stereocenters. The highest BCUT2D eigenvalue weighted by Crippen LogP contribution is 2.41. The molecule has 120 valence electrons. The Morgan fingerprint density at radius 2 is 2.09 bits per heavy atom. The summed E-state index contributed by atoms with van der Waals surface area (Å²) in [7, 11) is 0. The number of imidazole rings is 1. The minimum absolute atomic E-state index is 0.352. The third-order valence-corrected chi connectivity index (χ3v) is 6.08. The lowest BCUT2D eigenvalue weighted by atomic mass is 9.69. The summed E-state index contributed by atoms with van der Waals surface area (Å²) < 4.78 is 0. The first-order valence-corrected chi connectivity index (χ1v) is 8.87. The molecule has 4 nitrogen and oxygen atoms in total. The van der Waals surface area contributed by atoms with E-state index in [0.717, 1.165) is 49.5 Å². The van der Waals surface area contributed by atoms with Gasteiger partial charge in [0.15, 0.2) is 0 Å². The van der Waals surface area contributed by atoms with Crippen LogP contribution < -0.4 is 0 Å². The van der Waals surface area contributed by atoms with Gasteiger partial charge in [-0.2, -0.15) is 0 Å². The van der Waals surface area contributed by atoms with E-state index in [0.29, 0.717) is 5.92 Å². The molecule has 2 N–H and O–H groups in total. The Morgan fingerprint density at radius 1 is 1.23 bits per heavy atom. The molecular formula is C18H27N3O. The van der Waals surface area contributed by atoms with Gasteiger partial charge in [0.1, 0.15) is 11.9 Å². The van der Waals surface area contributed by atoms with Crippen molar-refractivity contribution in [2.45, 2.75) is 38.2 Å². The molecule has 4 aliphatic rings. The molecule has 1 saturated carbocycles. The van der Waals surface area contributed by atoms with Crippen molar-refractivity contribution >= 4 is 0 Å². The molecule has 1 aromatic heterocycles. The lowest BCUT2D eigenvalue weighted by molar-refractivity contribution is 0.0421. The summed E-state index contributed by atoms with van der Waals surface area (Å²) in [4.78, 5) is 9.88. The summed E-state index contributed by atoms with van der Waals surface area (Å²) in [6.45, 7) is 3.51. The highest BCUT2D eigenvalue weighted by atomic mass is 16.3. The number of aliphatic hydroxyl groups is 1. The smallest absolute Gasteiger partial charge is 0.135 e. The Labute approximate surface area is 132 Å². The fraction of sp³-hybridized carbons (Fsp3) is 0.722. The van der Waals surface area contributed by atoms with Crippen LogP contribution in [0.1, 0.15) is 44.0 Å². The Kier molecular flexibility index (Phi) is 4.05. The molecule has 22 heavy (non-hydrogen) atoms. The minimum Gasteiger partial charge on any atom is -0.385 e. The predicted molar refractivity (Wildman–Crippen MR) is 86.2 cm³/mol. The molecule has 1 saturated heterocycles. The van der Waals surface area contributed by atoms with E-state index in [2.05, 4.69) is 27.0 Å². The number of allylic oxidation sites excluding steroid dienone is 2. The van der Waals surface area contributed by atoms with Crippen LogP contribution in [0.15, 0.2) is 24.5 Å². The average molecular weight is 301 g/mol. The van der Waals surface area contributed by atoms with Gasteiger partial charge < -0.3 is 15.0 Å². The zero-order valence-electron chi connectivity index (χ0n) is 13.2. The van der Waals surface area contributed by atoms with Crippen molar-refractivity contribution in [2.75, 3.05) is 19.6 Å². The average Bonchev–Trinajstić information content (AvgIpc) is 3.10. The first-order chi connectivity index (χ1) is 10.8. The van der Waals surface area contributed by atoms with Crippen molar-refractivity contribution in [3.8, 4) is 0 Å². The maximum Gasteiger partial charge on any atom is 0.135 e. The van der Waals surface area contributed by atoms with Crippen LogP contribution in [0.2, 0.25) is 0 Å². The fourth-order valence-electron chi connectivity index (χ4n) is 4.71. The second-order valence-corrected chi connectivity index (χ2v) is 7.44. The zero-order valence-corrected chi connectivity index (χ0v) is 13.2. The summed E-state index contributed by atoms with van der Waals surface area (Å²) in [5, 5.41) is 10.4. The van der Waals surface area contributed by atoms with Gasteiger partial charge in [0.05, 0.1) is 0 Å². The van der Waals surface area contributed by atoms with Gasteiger partial charge in [-0.3, -0.25) is 0 Å². The Hall–Kier alpha value is -1.13. The Bertz CT molecular complexity index is 504. The number of nitrogens with zero attached hydrogens (tertiary/aromatic N) is 2. The van der Waals surface area contributed by atoms with Crippen molar-refractivity contribution in [1.29, 1.82) is 0 Å². The number of likely N-dealkylation sites (tertiary alicyclic amines) is 1. The van der Waals surface area contributed by atoms with E-state index in [9.17, 15) is 5.11 Å². The van der Waals surface area contributed by atoms with Gasteiger partial charge in [0, 0.05) is 18.9 Å². The quantitative estimate of drug-likeness (QED) is 0.841. The molecule has 0 spiro atoms. The molecule has 4 heteroatoms. The number of fused-ring (bicyclic) bond motifs is 2. The molecule has 0 radical (unpaired) electrons. The Balaban J connectivity index is 1.28. The lowest BCUT2D eigenvalue weighted by Gasteiger charge is -2.42. The molecule has 1 aliphatic heterocycles. The molecule has 0 amide bonds. The summed E-state index contributed by atoms with van der Waals surface area (Å²) >= 11 is 0. The van der Waals surface area contributed by atoms with Crippen molar-refractivity contribution in [2.24, 2.45) is 23.7 Å². The van der Waals surface area contributed by atoms with Crippen LogP contribution in [0.25, 0.3) is 0 Å². The molecule has 5 rings (SSSR count). The summed E-state index contributed by atoms with van der Waals surface area (Å²) in [5.41, 5.74) is 0. The van der Waals surface area contributed by atoms with E-state index in [1.807, 2.05) is 0 Å². The SMILES string of the molecule is OC(c1ncc[nH]1)C1CCN(C[C@@H]2C[C@@H]3C=C[C@H]2CC3)CC1. The number of aromatic nitrogens is 2. The molecule has 2 heterocycles. The lowest BCUT2D eigenvalue weighted by Crippen LogP contribution is -2.42. The highest BCUT2D eigenvalue weighted by Gasteiger charge is 2.34. The van der Waals surface area contributed by atoms with Crippen LogP contribution in [-0.4, -0.2) is 39.6 Å². The van der Waals surface area contributed by atoms with Crippen molar-refractivity contribution in [1.82, 2.24) is 14.9 Å². The van der Waals surface area contributed by atoms with Crippen molar-refractivity contribution in [3.05, 3.63) is 30.4 Å². The zero-order chi connectivity index (χ0) is 14.9. The third kappa shape index (κ3) is 2.86. The van der Waals surface area contributed by atoms with E-state index in [1.54, 1.807) is 12.4 Å². The topological polar surface area (TPSA) is 52.2 Å². The van der Waals surface area contributed by atoms with Crippen LogP contribution in [0.5, 0.6) is 0 Å².